The van der Waals surface area contributed by atoms with Crippen molar-refractivity contribution < 1.29 is 41.9 Å². The molecule has 11 heteroatoms. The molecule has 1 unspecified atom stereocenters. The zero-order valence-corrected chi connectivity index (χ0v) is 20.9. The first kappa shape index (κ1) is 27.9. The van der Waals surface area contributed by atoms with Crippen LogP contribution in [-0.2, 0) is 20.8 Å². The summed E-state index contributed by atoms with van der Waals surface area (Å²) in [6.07, 6.45) is -1.84. The fourth-order valence-electron chi connectivity index (χ4n) is 4.66. The highest BCUT2D eigenvalue weighted by Crippen LogP contribution is 2.45. The van der Waals surface area contributed by atoms with Crippen LogP contribution in [0.3, 0.4) is 0 Å². The molecule has 196 valence electrons. The van der Waals surface area contributed by atoms with Crippen molar-refractivity contribution >= 4 is 18.6 Å². The lowest BCUT2D eigenvalue weighted by atomic mass is 9.72. The first-order chi connectivity index (χ1) is 16.0. The van der Waals surface area contributed by atoms with E-state index in [0.717, 1.165) is 12.8 Å². The summed E-state index contributed by atoms with van der Waals surface area (Å²) in [7, 11) is -4.87. The number of ether oxygens (including phenoxy) is 1. The normalized spacial score (nSPS) is 21.7. The van der Waals surface area contributed by atoms with Crippen LogP contribution in [0.15, 0.2) is 30.3 Å². The van der Waals surface area contributed by atoms with E-state index in [0.29, 0.717) is 18.8 Å². The van der Waals surface area contributed by atoms with Crippen molar-refractivity contribution in [1.82, 2.24) is 0 Å². The molecule has 0 bridgehead atoms. The molecule has 0 amide bonds. The number of phosphoric acid groups is 1. The summed E-state index contributed by atoms with van der Waals surface area (Å²) >= 11 is 0. The van der Waals surface area contributed by atoms with Crippen LogP contribution in [0.5, 0.6) is 5.75 Å². The molecule has 0 heterocycles. The predicted octanol–water partition coefficient (Wildman–Crippen LogP) is 5.10. The molecule has 1 saturated carbocycles. The Balaban J connectivity index is 1.93. The number of halogens is 3. The second-order valence-corrected chi connectivity index (χ2v) is 11.6. The van der Waals surface area contributed by atoms with Crippen LogP contribution in [-0.4, -0.2) is 34.2 Å². The van der Waals surface area contributed by atoms with Gasteiger partial charge in [0.2, 0.25) is 0 Å². The lowest BCUT2D eigenvalue weighted by Gasteiger charge is -2.37. The Kier molecular flexibility index (Phi) is 7.97. The van der Waals surface area contributed by atoms with Crippen molar-refractivity contribution in [3.05, 3.63) is 41.5 Å². The molecule has 1 atom stereocenters. The topological polar surface area (TPSA) is 122 Å². The molecule has 1 fully saturated rings. The average molecular weight is 519 g/mol. The number of nitrogens with two attached hydrogens (primary N) is 1. The van der Waals surface area contributed by atoms with Crippen molar-refractivity contribution in [3.63, 3.8) is 0 Å². The summed E-state index contributed by atoms with van der Waals surface area (Å²) in [5.74, 6) is 0.264. The molecule has 0 saturated heterocycles. The highest BCUT2D eigenvalue weighted by molar-refractivity contribution is 7.46. The van der Waals surface area contributed by atoms with E-state index >= 15 is 0 Å². The Morgan fingerprint density at radius 3 is 2.20 bits per heavy atom. The molecule has 5 N–H and O–H groups in total. The van der Waals surface area contributed by atoms with E-state index in [1.165, 1.54) is 30.3 Å². The van der Waals surface area contributed by atoms with E-state index in [-0.39, 0.29) is 33.6 Å². The molecule has 0 aliphatic heterocycles. The zero-order chi connectivity index (χ0) is 26.2. The number of alkyl halides is 3. The summed E-state index contributed by atoms with van der Waals surface area (Å²) in [5, 5.41) is 9.82. The number of fused-ring (bicyclic) bond motifs is 1. The number of phosphoric ester groups is 1. The predicted molar refractivity (Wildman–Crippen MR) is 126 cm³/mol. The van der Waals surface area contributed by atoms with E-state index in [1.54, 1.807) is 0 Å². The molecule has 0 spiro atoms. The molecule has 0 aromatic heterocycles. The van der Waals surface area contributed by atoms with E-state index < -0.39 is 38.3 Å². The summed E-state index contributed by atoms with van der Waals surface area (Å²) < 4.78 is 63.8. The van der Waals surface area contributed by atoms with Gasteiger partial charge in [-0.1, -0.05) is 39.0 Å². The highest BCUT2D eigenvalue weighted by atomic mass is 31.2. The molecule has 2 aromatic carbocycles. The monoisotopic (exact) mass is 519 g/mol. The maximum absolute atomic E-state index is 14.2. The Morgan fingerprint density at radius 2 is 1.69 bits per heavy atom. The molecule has 2 aromatic rings. The van der Waals surface area contributed by atoms with Crippen molar-refractivity contribution in [3.8, 4) is 5.75 Å². The van der Waals surface area contributed by atoms with Crippen LogP contribution in [0, 0.1) is 11.3 Å². The van der Waals surface area contributed by atoms with Gasteiger partial charge in [0.25, 0.3) is 0 Å². The standard InChI is InChI=1S/C24H33F3NO6P/c1-22(2,3)16-5-8-18(9-6-16)34-20-11-4-15-12-17(7-10-19(15)21(20)24(25,26)27)23(28,13-29)14-33-35(30,31)32/h4,7,10-12,16,18,29H,5-6,8-9,13-14,28H2,1-3H3,(H2,30,31,32). The van der Waals surface area contributed by atoms with Crippen molar-refractivity contribution in [2.24, 2.45) is 17.1 Å². The summed E-state index contributed by atoms with van der Waals surface area (Å²) in [4.78, 5) is 17.9. The highest BCUT2D eigenvalue weighted by Gasteiger charge is 2.39. The Bertz CT molecular complexity index is 1090. The quantitative estimate of drug-likeness (QED) is 0.376. The smallest absolute Gasteiger partial charge is 0.469 e. The van der Waals surface area contributed by atoms with Gasteiger partial charge in [-0.2, -0.15) is 13.2 Å². The molecule has 7 nitrogen and oxygen atoms in total. The lowest BCUT2D eigenvalue weighted by Crippen LogP contribution is -2.44. The van der Waals surface area contributed by atoms with Crippen molar-refractivity contribution in [1.29, 1.82) is 0 Å². The zero-order valence-electron chi connectivity index (χ0n) is 20.0. The average Bonchev–Trinajstić information content (AvgIpc) is 2.75. The maximum atomic E-state index is 14.2. The van der Waals surface area contributed by atoms with Crippen LogP contribution < -0.4 is 10.5 Å². The van der Waals surface area contributed by atoms with Crippen LogP contribution in [0.4, 0.5) is 13.2 Å². The fourth-order valence-corrected chi connectivity index (χ4v) is 5.05. The van der Waals surface area contributed by atoms with Gasteiger partial charge in [-0.15, -0.1) is 0 Å². The number of benzene rings is 2. The van der Waals surface area contributed by atoms with Gasteiger partial charge < -0.3 is 25.4 Å². The van der Waals surface area contributed by atoms with Crippen LogP contribution >= 0.6 is 7.82 Å². The maximum Gasteiger partial charge on any atom is 0.469 e. The van der Waals surface area contributed by atoms with Crippen molar-refractivity contribution in [2.75, 3.05) is 13.2 Å². The van der Waals surface area contributed by atoms with Gasteiger partial charge in [-0.05, 0) is 65.5 Å². The summed E-state index contributed by atoms with van der Waals surface area (Å²) in [6, 6.07) is 6.63. The third-order valence-corrected chi connectivity index (χ3v) is 7.27. The molecule has 0 radical (unpaired) electrons. The second-order valence-electron chi connectivity index (χ2n) is 10.4. The number of rotatable bonds is 7. The largest absolute Gasteiger partial charge is 0.490 e. The van der Waals surface area contributed by atoms with Crippen molar-refractivity contribution in [2.45, 2.75) is 64.3 Å². The van der Waals surface area contributed by atoms with E-state index in [9.17, 15) is 22.8 Å². The Labute approximate surface area is 202 Å². The second kappa shape index (κ2) is 10.00. The number of aliphatic hydroxyl groups excluding tert-OH is 1. The minimum Gasteiger partial charge on any atom is -0.490 e. The summed E-state index contributed by atoms with van der Waals surface area (Å²) in [6.45, 7) is 5.03. The van der Waals surface area contributed by atoms with Crippen LogP contribution in [0.1, 0.15) is 57.6 Å². The van der Waals surface area contributed by atoms with Gasteiger partial charge in [0.15, 0.2) is 0 Å². The number of hydrogen-bond acceptors (Lipinski definition) is 5. The first-order valence-corrected chi connectivity index (χ1v) is 13.0. The number of hydrogen-bond donors (Lipinski definition) is 4. The SMILES string of the molecule is CC(C)(C)C1CCC(Oc2ccc3cc(C(N)(CO)COP(=O)(O)O)ccc3c2C(F)(F)F)CC1. The van der Waals surface area contributed by atoms with Gasteiger partial charge in [-0.25, -0.2) is 4.57 Å². The van der Waals surface area contributed by atoms with Gasteiger partial charge in [0.05, 0.1) is 24.9 Å². The lowest BCUT2D eigenvalue weighted by molar-refractivity contribution is -0.138. The first-order valence-electron chi connectivity index (χ1n) is 11.4. The minimum absolute atomic E-state index is 0.0988. The minimum atomic E-state index is -4.87. The molecule has 1 aliphatic rings. The van der Waals surface area contributed by atoms with Gasteiger partial charge in [0.1, 0.15) is 11.3 Å². The van der Waals surface area contributed by atoms with E-state index in [4.69, 9.17) is 20.3 Å². The Hall–Kier alpha value is -1.68. The third-order valence-electron chi connectivity index (χ3n) is 6.80. The molecular formula is C24H33F3NO6P. The molecular weight excluding hydrogens is 486 g/mol. The molecule has 1 aliphatic carbocycles. The van der Waals surface area contributed by atoms with Gasteiger partial charge in [0, 0.05) is 0 Å². The Morgan fingerprint density at radius 1 is 1.06 bits per heavy atom. The fraction of sp³-hybridized carbons (Fsp3) is 0.583. The van der Waals surface area contributed by atoms with Gasteiger partial charge in [-0.3, -0.25) is 4.52 Å². The summed E-state index contributed by atoms with van der Waals surface area (Å²) in [5.41, 5.74) is 3.77. The third kappa shape index (κ3) is 6.76. The van der Waals surface area contributed by atoms with E-state index in [1.807, 2.05) is 0 Å². The van der Waals surface area contributed by atoms with Gasteiger partial charge >= 0.3 is 14.0 Å². The molecule has 35 heavy (non-hydrogen) atoms. The number of aliphatic hydroxyl groups is 1. The van der Waals surface area contributed by atoms with Crippen LogP contribution in [0.25, 0.3) is 10.8 Å². The molecule has 3 rings (SSSR count). The van der Waals surface area contributed by atoms with E-state index in [2.05, 4.69) is 25.3 Å². The van der Waals surface area contributed by atoms with Crippen LogP contribution in [0.2, 0.25) is 0 Å².